The van der Waals surface area contributed by atoms with E-state index in [0.29, 0.717) is 31.1 Å². The minimum atomic E-state index is -0.176. The first kappa shape index (κ1) is 20.2. The summed E-state index contributed by atoms with van der Waals surface area (Å²) in [5.74, 6) is 1.49. The highest BCUT2D eigenvalue weighted by Crippen LogP contribution is 2.46. The van der Waals surface area contributed by atoms with Crippen molar-refractivity contribution in [3.05, 3.63) is 23.8 Å². The predicted molar refractivity (Wildman–Crippen MR) is 103 cm³/mol. The normalized spacial score (nSPS) is 19.4. The molecule has 0 unspecified atom stereocenters. The van der Waals surface area contributed by atoms with Crippen molar-refractivity contribution in [2.75, 3.05) is 40.9 Å². The third kappa shape index (κ3) is 4.35. The molecule has 0 spiro atoms. The van der Waals surface area contributed by atoms with Gasteiger partial charge in [-0.2, -0.15) is 0 Å². The minimum absolute atomic E-state index is 0.0640. The fourth-order valence-corrected chi connectivity index (χ4v) is 4.15. The largest absolute Gasteiger partial charge is 0.497 e. The maximum Gasteiger partial charge on any atom is 0.317 e. The van der Waals surface area contributed by atoms with E-state index in [1.54, 1.807) is 37.9 Å². The second-order valence-electron chi connectivity index (χ2n) is 6.03. The van der Waals surface area contributed by atoms with Gasteiger partial charge in [0.05, 0.1) is 19.5 Å². The Kier molecular flexibility index (Phi) is 7.02. The summed E-state index contributed by atoms with van der Waals surface area (Å²) in [5, 5.41) is 2.44. The zero-order valence-electron chi connectivity index (χ0n) is 15.9. The lowest BCUT2D eigenvalue weighted by molar-refractivity contribution is -0.129. The van der Waals surface area contributed by atoms with Crippen molar-refractivity contribution in [1.29, 1.82) is 0 Å². The Hall–Kier alpha value is -2.09. The molecule has 8 heteroatoms. The van der Waals surface area contributed by atoms with Gasteiger partial charge in [0.2, 0.25) is 5.91 Å². The smallest absolute Gasteiger partial charge is 0.317 e. The van der Waals surface area contributed by atoms with E-state index in [1.807, 2.05) is 36.9 Å². The van der Waals surface area contributed by atoms with Gasteiger partial charge in [-0.15, -0.1) is 11.8 Å². The molecular formula is C18H27N3O4S. The maximum atomic E-state index is 12.7. The highest BCUT2D eigenvalue weighted by atomic mass is 32.2. The Morgan fingerprint density at radius 3 is 2.69 bits per heavy atom. The molecule has 0 aromatic heterocycles. The molecule has 7 nitrogen and oxygen atoms in total. The molecular weight excluding hydrogens is 354 g/mol. The van der Waals surface area contributed by atoms with E-state index in [0.717, 1.165) is 5.56 Å². The summed E-state index contributed by atoms with van der Waals surface area (Å²) in [7, 11) is 4.95. The maximum absolute atomic E-state index is 12.7. The third-order valence-electron chi connectivity index (χ3n) is 4.30. The van der Waals surface area contributed by atoms with Gasteiger partial charge in [-0.3, -0.25) is 4.79 Å². The monoisotopic (exact) mass is 381 g/mol. The number of ether oxygens (including phenoxy) is 2. The fourth-order valence-electron chi connectivity index (χ4n) is 2.82. The quantitative estimate of drug-likeness (QED) is 0.785. The van der Waals surface area contributed by atoms with Crippen LogP contribution in [0.5, 0.6) is 11.5 Å². The summed E-state index contributed by atoms with van der Waals surface area (Å²) in [4.78, 5) is 28.0. The topological polar surface area (TPSA) is 71.1 Å². The molecule has 0 radical (unpaired) electrons. The van der Waals surface area contributed by atoms with Gasteiger partial charge in [0.25, 0.3) is 0 Å². The zero-order valence-corrected chi connectivity index (χ0v) is 16.8. The molecule has 1 fully saturated rings. The average molecular weight is 381 g/mol. The third-order valence-corrected chi connectivity index (χ3v) is 5.68. The molecule has 1 aromatic carbocycles. The van der Waals surface area contributed by atoms with Gasteiger partial charge in [-0.05, 0) is 32.0 Å². The lowest BCUT2D eigenvalue weighted by Gasteiger charge is -2.28. The number of nitrogens with one attached hydrogen (secondary N) is 1. The van der Waals surface area contributed by atoms with Crippen molar-refractivity contribution in [2.45, 2.75) is 24.5 Å². The molecule has 1 heterocycles. The first-order valence-corrected chi connectivity index (χ1v) is 9.54. The van der Waals surface area contributed by atoms with E-state index in [-0.39, 0.29) is 22.6 Å². The highest BCUT2D eigenvalue weighted by Gasteiger charge is 2.39. The van der Waals surface area contributed by atoms with Gasteiger partial charge in [-0.1, -0.05) is 0 Å². The number of thioether (sulfide) groups is 1. The summed E-state index contributed by atoms with van der Waals surface area (Å²) in [6.45, 7) is 5.25. The Morgan fingerprint density at radius 1 is 1.35 bits per heavy atom. The van der Waals surface area contributed by atoms with Gasteiger partial charge < -0.3 is 24.6 Å². The molecule has 1 aromatic rings. The average Bonchev–Trinajstić information content (AvgIpc) is 2.93. The van der Waals surface area contributed by atoms with Crippen molar-refractivity contribution < 1.29 is 19.1 Å². The van der Waals surface area contributed by atoms with E-state index < -0.39 is 0 Å². The Morgan fingerprint density at radius 2 is 2.08 bits per heavy atom. The van der Waals surface area contributed by atoms with Crippen LogP contribution >= 0.6 is 11.8 Å². The van der Waals surface area contributed by atoms with Crippen LogP contribution in [0.15, 0.2) is 18.2 Å². The number of benzene rings is 1. The Balaban J connectivity index is 2.21. The number of methoxy groups -OCH3 is 2. The summed E-state index contributed by atoms with van der Waals surface area (Å²) in [6.07, 6.45) is 0. The second kappa shape index (κ2) is 9.02. The van der Waals surface area contributed by atoms with Crippen LogP contribution in [0.2, 0.25) is 0 Å². The molecule has 1 aliphatic rings. The fraction of sp³-hybridized carbons (Fsp3) is 0.556. The molecule has 1 saturated heterocycles. The van der Waals surface area contributed by atoms with Crippen LogP contribution in [0.25, 0.3) is 0 Å². The van der Waals surface area contributed by atoms with E-state index in [1.165, 1.54) is 0 Å². The standard InChI is InChI=1S/C18H27N3O4S/c1-6-19-18(23)20(3)9-10-21-16(22)12(2)26-17(21)14-11-13(24-4)7-8-15(14)25-5/h7-8,11-12,17H,6,9-10H2,1-5H3,(H,19,23)/t12-,17+/m1/s1. The Bertz CT molecular complexity index is 655. The van der Waals surface area contributed by atoms with Crippen LogP contribution in [0, 0.1) is 0 Å². The zero-order chi connectivity index (χ0) is 19.3. The van der Waals surface area contributed by atoms with Gasteiger partial charge >= 0.3 is 6.03 Å². The predicted octanol–water partition coefficient (Wildman–Crippen LogP) is 2.33. The van der Waals surface area contributed by atoms with Crippen LogP contribution in [0.1, 0.15) is 24.8 Å². The lowest BCUT2D eigenvalue weighted by atomic mass is 10.1. The first-order valence-electron chi connectivity index (χ1n) is 8.59. The SMILES string of the molecule is CCNC(=O)N(C)CCN1C(=O)[C@@H](C)S[C@H]1c1cc(OC)ccc1OC. The summed E-state index contributed by atoms with van der Waals surface area (Å²) < 4.78 is 10.8. The van der Waals surface area contributed by atoms with Crippen LogP contribution in [-0.4, -0.2) is 67.9 Å². The van der Waals surface area contributed by atoms with Crippen LogP contribution in [0.3, 0.4) is 0 Å². The summed E-state index contributed by atoms with van der Waals surface area (Å²) in [5.41, 5.74) is 0.898. The Labute approximate surface area is 159 Å². The molecule has 26 heavy (non-hydrogen) atoms. The number of nitrogens with zero attached hydrogens (tertiary/aromatic N) is 2. The number of carbonyl (C=O) groups is 2. The van der Waals surface area contributed by atoms with Gasteiger partial charge in [0.1, 0.15) is 16.9 Å². The number of hydrogen-bond acceptors (Lipinski definition) is 5. The molecule has 144 valence electrons. The molecule has 2 rings (SSSR count). The van der Waals surface area contributed by atoms with Crippen molar-refractivity contribution in [1.82, 2.24) is 15.1 Å². The number of amides is 3. The van der Waals surface area contributed by atoms with Crippen molar-refractivity contribution in [3.63, 3.8) is 0 Å². The lowest BCUT2D eigenvalue weighted by Crippen LogP contribution is -2.42. The minimum Gasteiger partial charge on any atom is -0.497 e. The number of urea groups is 1. The molecule has 0 saturated carbocycles. The van der Waals surface area contributed by atoms with Crippen molar-refractivity contribution in [3.8, 4) is 11.5 Å². The summed E-state index contributed by atoms with van der Waals surface area (Å²) >= 11 is 1.58. The number of likely N-dealkylation sites (N-methyl/N-ethyl adjacent to an activating group) is 1. The molecule has 1 N–H and O–H groups in total. The molecule has 3 amide bonds. The number of rotatable bonds is 7. The highest BCUT2D eigenvalue weighted by molar-refractivity contribution is 8.01. The number of hydrogen-bond donors (Lipinski definition) is 1. The van der Waals surface area contributed by atoms with Crippen molar-refractivity contribution in [2.24, 2.45) is 0 Å². The van der Waals surface area contributed by atoms with E-state index in [9.17, 15) is 9.59 Å². The van der Waals surface area contributed by atoms with Gasteiger partial charge in [0.15, 0.2) is 0 Å². The van der Waals surface area contributed by atoms with Crippen LogP contribution in [0.4, 0.5) is 4.79 Å². The van der Waals surface area contributed by atoms with E-state index >= 15 is 0 Å². The van der Waals surface area contributed by atoms with Gasteiger partial charge in [-0.25, -0.2) is 4.79 Å². The molecule has 1 aliphatic heterocycles. The van der Waals surface area contributed by atoms with Gasteiger partial charge in [0, 0.05) is 32.2 Å². The summed E-state index contributed by atoms with van der Waals surface area (Å²) in [6, 6.07) is 5.44. The van der Waals surface area contributed by atoms with Crippen LogP contribution in [-0.2, 0) is 4.79 Å². The molecule has 0 aliphatic carbocycles. The molecule has 2 atom stereocenters. The number of carbonyl (C=O) groups excluding carboxylic acids is 2. The van der Waals surface area contributed by atoms with Crippen molar-refractivity contribution >= 4 is 23.7 Å². The molecule has 0 bridgehead atoms. The second-order valence-corrected chi connectivity index (χ2v) is 7.45. The van der Waals surface area contributed by atoms with E-state index in [2.05, 4.69) is 5.32 Å². The van der Waals surface area contributed by atoms with E-state index in [4.69, 9.17) is 9.47 Å². The van der Waals surface area contributed by atoms with Crippen LogP contribution < -0.4 is 14.8 Å². The first-order chi connectivity index (χ1) is 12.4.